The summed E-state index contributed by atoms with van der Waals surface area (Å²) in [5, 5.41) is 4.97. The number of likely N-dealkylation sites (tertiary alicyclic amines) is 1. The van der Waals surface area contributed by atoms with Crippen molar-refractivity contribution in [2.45, 2.75) is 31.8 Å². The van der Waals surface area contributed by atoms with E-state index in [1.807, 2.05) is 42.1 Å². The SMILES string of the molecule is CC1CNCCN1c1nc(OCC2CCCN2C)nc2nc(-c3cccc4c3ccn4C)c(F)cc12. The van der Waals surface area contributed by atoms with Gasteiger partial charge >= 0.3 is 6.01 Å². The van der Waals surface area contributed by atoms with Gasteiger partial charge in [-0.2, -0.15) is 9.97 Å². The first-order chi connectivity index (χ1) is 17.5. The fraction of sp³-hybridized carbons (Fsp3) is 0.444. The number of hydrogen-bond acceptors (Lipinski definition) is 7. The molecule has 0 radical (unpaired) electrons. The number of rotatable bonds is 5. The van der Waals surface area contributed by atoms with Crippen LogP contribution in [0.4, 0.5) is 10.2 Å². The predicted molar refractivity (Wildman–Crippen MR) is 140 cm³/mol. The summed E-state index contributed by atoms with van der Waals surface area (Å²) in [7, 11) is 4.10. The van der Waals surface area contributed by atoms with Gasteiger partial charge in [-0.3, -0.25) is 0 Å². The first-order valence-electron chi connectivity index (χ1n) is 12.7. The standard InChI is InChI=1S/C27H32FN7O/c1-17-15-29-10-13-35(17)26-21-14-22(28)24(20-7-4-8-23-19(20)9-12-34(23)3)30-25(21)31-27(32-26)36-16-18-6-5-11-33(18)2/h4,7-9,12,14,17-18,29H,5-6,10-11,13,15-16H2,1-3H3. The maximum atomic E-state index is 15.7. The zero-order chi connectivity index (χ0) is 24.8. The van der Waals surface area contributed by atoms with Crippen LogP contribution in [0.5, 0.6) is 6.01 Å². The second-order valence-electron chi connectivity index (χ2n) is 10.0. The Morgan fingerprint density at radius 2 is 2.00 bits per heavy atom. The van der Waals surface area contributed by atoms with Gasteiger partial charge in [0.15, 0.2) is 5.65 Å². The van der Waals surface area contributed by atoms with E-state index in [0.717, 1.165) is 49.1 Å². The van der Waals surface area contributed by atoms with E-state index in [1.165, 1.54) is 12.5 Å². The van der Waals surface area contributed by atoms with E-state index >= 15 is 4.39 Å². The van der Waals surface area contributed by atoms with Crippen molar-refractivity contribution in [3.05, 3.63) is 42.3 Å². The predicted octanol–water partition coefficient (Wildman–Crippen LogP) is 3.59. The molecule has 188 valence electrons. The van der Waals surface area contributed by atoms with Crippen LogP contribution in [0.1, 0.15) is 19.8 Å². The van der Waals surface area contributed by atoms with E-state index in [-0.39, 0.29) is 11.9 Å². The van der Waals surface area contributed by atoms with Gasteiger partial charge in [0.25, 0.3) is 0 Å². The molecule has 36 heavy (non-hydrogen) atoms. The quantitative estimate of drug-likeness (QED) is 0.459. The van der Waals surface area contributed by atoms with Crippen LogP contribution in [0.2, 0.25) is 0 Å². The fourth-order valence-electron chi connectivity index (χ4n) is 5.49. The summed E-state index contributed by atoms with van der Waals surface area (Å²) in [5.74, 6) is 0.299. The van der Waals surface area contributed by atoms with Crippen molar-refractivity contribution in [3.8, 4) is 17.3 Å². The van der Waals surface area contributed by atoms with Gasteiger partial charge in [-0.05, 0) is 51.6 Å². The number of anilines is 1. The normalized spacial score (nSPS) is 21.1. The minimum Gasteiger partial charge on any atom is -0.462 e. The van der Waals surface area contributed by atoms with Crippen LogP contribution in [0.25, 0.3) is 33.2 Å². The maximum Gasteiger partial charge on any atom is 0.320 e. The number of ether oxygens (including phenoxy) is 1. The average Bonchev–Trinajstić information content (AvgIpc) is 3.47. The van der Waals surface area contributed by atoms with Crippen LogP contribution in [-0.4, -0.2) is 76.3 Å². The molecule has 1 aromatic carbocycles. The number of hydrogen-bond donors (Lipinski definition) is 1. The molecule has 0 spiro atoms. The molecule has 9 heteroatoms. The molecule has 8 nitrogen and oxygen atoms in total. The smallest absolute Gasteiger partial charge is 0.320 e. The highest BCUT2D eigenvalue weighted by Crippen LogP contribution is 2.34. The molecular weight excluding hydrogens is 457 g/mol. The third kappa shape index (κ3) is 4.06. The van der Waals surface area contributed by atoms with E-state index < -0.39 is 0 Å². The van der Waals surface area contributed by atoms with Crippen molar-refractivity contribution >= 4 is 27.8 Å². The van der Waals surface area contributed by atoms with Crippen LogP contribution in [0.3, 0.4) is 0 Å². The third-order valence-electron chi connectivity index (χ3n) is 7.63. The van der Waals surface area contributed by atoms with Crippen LogP contribution in [-0.2, 0) is 7.05 Å². The number of nitrogens with one attached hydrogen (secondary N) is 1. The summed E-state index contributed by atoms with van der Waals surface area (Å²) in [6.07, 6.45) is 4.24. The number of aromatic nitrogens is 4. The second kappa shape index (κ2) is 9.29. The summed E-state index contributed by atoms with van der Waals surface area (Å²) in [5.41, 5.74) is 2.51. The molecule has 6 rings (SSSR count). The van der Waals surface area contributed by atoms with Crippen LogP contribution >= 0.6 is 0 Å². The van der Waals surface area contributed by atoms with E-state index in [9.17, 15) is 0 Å². The Balaban J connectivity index is 1.47. The van der Waals surface area contributed by atoms with Crippen molar-refractivity contribution in [2.75, 3.05) is 44.7 Å². The Hall–Kier alpha value is -3.30. The molecule has 0 amide bonds. The van der Waals surface area contributed by atoms with Crippen molar-refractivity contribution in [1.29, 1.82) is 0 Å². The van der Waals surface area contributed by atoms with Crippen LogP contribution < -0.4 is 15.0 Å². The Kier molecular flexibility index (Phi) is 5.97. The molecule has 0 saturated carbocycles. The van der Waals surface area contributed by atoms with Gasteiger partial charge in [0.1, 0.15) is 23.9 Å². The summed E-state index contributed by atoms with van der Waals surface area (Å²) in [6.45, 7) is 6.18. The number of fused-ring (bicyclic) bond motifs is 2. The average molecular weight is 490 g/mol. The Morgan fingerprint density at radius 3 is 2.81 bits per heavy atom. The van der Waals surface area contributed by atoms with E-state index in [0.29, 0.717) is 41.2 Å². The minimum atomic E-state index is -0.382. The highest BCUT2D eigenvalue weighted by Gasteiger charge is 2.26. The number of pyridine rings is 1. The number of nitrogens with zero attached hydrogens (tertiary/aromatic N) is 6. The molecular formula is C27H32FN7O. The van der Waals surface area contributed by atoms with Crippen molar-refractivity contribution in [3.63, 3.8) is 0 Å². The highest BCUT2D eigenvalue weighted by atomic mass is 19.1. The van der Waals surface area contributed by atoms with Gasteiger partial charge in [0, 0.05) is 61.4 Å². The zero-order valence-corrected chi connectivity index (χ0v) is 21.0. The molecule has 3 aromatic heterocycles. The molecule has 2 aliphatic rings. The van der Waals surface area contributed by atoms with Crippen molar-refractivity contribution in [2.24, 2.45) is 7.05 Å². The Morgan fingerprint density at radius 1 is 1.11 bits per heavy atom. The summed E-state index contributed by atoms with van der Waals surface area (Å²) in [6, 6.07) is 10.2. The van der Waals surface area contributed by atoms with Crippen LogP contribution in [0, 0.1) is 5.82 Å². The van der Waals surface area contributed by atoms with E-state index in [2.05, 4.69) is 34.1 Å². The summed E-state index contributed by atoms with van der Waals surface area (Å²) < 4.78 is 23.9. The molecule has 5 heterocycles. The first kappa shape index (κ1) is 23.1. The van der Waals surface area contributed by atoms with Gasteiger partial charge in [0.2, 0.25) is 0 Å². The van der Waals surface area contributed by atoms with Gasteiger partial charge in [0.05, 0.1) is 5.39 Å². The second-order valence-corrected chi connectivity index (χ2v) is 10.0. The topological polar surface area (TPSA) is 71.3 Å². The molecule has 0 bridgehead atoms. The van der Waals surface area contributed by atoms with Crippen LogP contribution in [0.15, 0.2) is 36.5 Å². The molecule has 2 aliphatic heterocycles. The van der Waals surface area contributed by atoms with Crippen molar-refractivity contribution < 1.29 is 9.13 Å². The maximum absolute atomic E-state index is 15.7. The lowest BCUT2D eigenvalue weighted by Crippen LogP contribution is -2.50. The zero-order valence-electron chi connectivity index (χ0n) is 21.0. The molecule has 2 unspecified atom stereocenters. The number of piperazine rings is 1. The van der Waals surface area contributed by atoms with Gasteiger partial charge in [-0.25, -0.2) is 9.37 Å². The first-order valence-corrected chi connectivity index (χ1v) is 12.7. The number of benzene rings is 1. The van der Waals surface area contributed by atoms with Gasteiger partial charge in [-0.1, -0.05) is 12.1 Å². The van der Waals surface area contributed by atoms with Crippen molar-refractivity contribution in [1.82, 2.24) is 29.7 Å². The highest BCUT2D eigenvalue weighted by molar-refractivity contribution is 5.97. The van der Waals surface area contributed by atoms with E-state index in [1.54, 1.807) is 0 Å². The van der Waals surface area contributed by atoms with E-state index in [4.69, 9.17) is 14.7 Å². The summed E-state index contributed by atoms with van der Waals surface area (Å²) >= 11 is 0. The number of aryl methyl sites for hydroxylation is 1. The third-order valence-corrected chi connectivity index (χ3v) is 7.63. The monoisotopic (exact) mass is 489 g/mol. The summed E-state index contributed by atoms with van der Waals surface area (Å²) in [4.78, 5) is 18.8. The van der Waals surface area contributed by atoms with Gasteiger partial charge < -0.3 is 24.4 Å². The molecule has 4 aromatic rings. The minimum absolute atomic E-state index is 0.200. The molecule has 0 aliphatic carbocycles. The number of likely N-dealkylation sites (N-methyl/N-ethyl adjacent to an activating group) is 1. The lowest BCUT2D eigenvalue weighted by molar-refractivity contribution is 0.188. The Bertz CT molecular complexity index is 1420. The fourth-order valence-corrected chi connectivity index (χ4v) is 5.49. The van der Waals surface area contributed by atoms with Gasteiger partial charge in [-0.15, -0.1) is 0 Å². The molecule has 2 fully saturated rings. The lowest BCUT2D eigenvalue weighted by Gasteiger charge is -2.35. The molecule has 2 saturated heterocycles. The number of halogens is 1. The lowest BCUT2D eigenvalue weighted by atomic mass is 10.1. The molecule has 1 N–H and O–H groups in total. The Labute approximate surface area is 210 Å². The largest absolute Gasteiger partial charge is 0.462 e. The molecule has 2 atom stereocenters.